The Labute approximate surface area is 118 Å². The molecule has 19 heavy (non-hydrogen) atoms. The Morgan fingerprint density at radius 2 is 2.26 bits per heavy atom. The maximum Gasteiger partial charge on any atom is 0.146 e. The van der Waals surface area contributed by atoms with Crippen molar-refractivity contribution in [3.8, 4) is 5.75 Å². The van der Waals surface area contributed by atoms with Gasteiger partial charge >= 0.3 is 0 Å². The van der Waals surface area contributed by atoms with Gasteiger partial charge in [0.1, 0.15) is 17.1 Å². The molecule has 102 valence electrons. The van der Waals surface area contributed by atoms with Crippen LogP contribution in [0, 0.1) is 5.92 Å². The summed E-state index contributed by atoms with van der Waals surface area (Å²) in [5, 5.41) is 0. The van der Waals surface area contributed by atoms with Gasteiger partial charge in [-0.25, -0.2) is 4.98 Å². The molecule has 3 nitrogen and oxygen atoms in total. The lowest BCUT2D eigenvalue weighted by molar-refractivity contribution is 0.419. The second-order valence-corrected chi connectivity index (χ2v) is 5.70. The third kappa shape index (κ3) is 2.10. The number of hydrogen-bond acceptors (Lipinski definition) is 2. The summed E-state index contributed by atoms with van der Waals surface area (Å²) in [6.45, 7) is 2.32. The first-order valence-corrected chi connectivity index (χ1v) is 7.37. The number of nitrogens with zero attached hydrogens (tertiary/aromatic N) is 2. The number of benzene rings is 1. The molecule has 1 heterocycles. The number of alkyl halides is 1. The zero-order chi connectivity index (χ0) is 13.4. The second kappa shape index (κ2) is 5.04. The molecule has 0 spiro atoms. The highest BCUT2D eigenvalue weighted by molar-refractivity contribution is 6.16. The minimum Gasteiger partial charge on any atom is -0.494 e. The Balaban J connectivity index is 2.16. The van der Waals surface area contributed by atoms with Crippen LogP contribution >= 0.6 is 11.6 Å². The predicted octanol–water partition coefficient (Wildman–Crippen LogP) is 4.14. The minimum absolute atomic E-state index is 0.447. The summed E-state index contributed by atoms with van der Waals surface area (Å²) < 4.78 is 7.73. The van der Waals surface area contributed by atoms with E-state index >= 15 is 0 Å². The largest absolute Gasteiger partial charge is 0.494 e. The summed E-state index contributed by atoms with van der Waals surface area (Å²) >= 11 is 6.09. The molecule has 2 aromatic rings. The van der Waals surface area contributed by atoms with E-state index in [2.05, 4.69) is 22.5 Å². The molecule has 2 unspecified atom stereocenters. The number of fused-ring (bicyclic) bond motifs is 1. The molecule has 0 amide bonds. The smallest absolute Gasteiger partial charge is 0.146 e. The molecule has 0 radical (unpaired) electrons. The van der Waals surface area contributed by atoms with Crippen LogP contribution in [0.2, 0.25) is 0 Å². The van der Waals surface area contributed by atoms with Gasteiger partial charge in [0.2, 0.25) is 0 Å². The highest BCUT2D eigenvalue weighted by Crippen LogP contribution is 2.38. The van der Waals surface area contributed by atoms with E-state index in [1.807, 2.05) is 12.1 Å². The maximum atomic E-state index is 6.09. The van der Waals surface area contributed by atoms with Gasteiger partial charge in [0, 0.05) is 6.04 Å². The third-order valence-corrected chi connectivity index (χ3v) is 4.37. The Bertz CT molecular complexity index is 593. The first kappa shape index (κ1) is 12.8. The summed E-state index contributed by atoms with van der Waals surface area (Å²) in [5.74, 6) is 3.02. The van der Waals surface area contributed by atoms with Crippen molar-refractivity contribution < 1.29 is 4.74 Å². The van der Waals surface area contributed by atoms with E-state index in [1.54, 1.807) is 7.11 Å². The van der Waals surface area contributed by atoms with Crippen LogP contribution in [0.4, 0.5) is 0 Å². The van der Waals surface area contributed by atoms with E-state index in [0.29, 0.717) is 11.9 Å². The van der Waals surface area contributed by atoms with Crippen molar-refractivity contribution in [2.45, 2.75) is 38.1 Å². The summed E-state index contributed by atoms with van der Waals surface area (Å²) in [7, 11) is 1.69. The van der Waals surface area contributed by atoms with E-state index in [4.69, 9.17) is 16.3 Å². The van der Waals surface area contributed by atoms with Crippen LogP contribution in [-0.2, 0) is 5.88 Å². The highest BCUT2D eigenvalue weighted by Gasteiger charge is 2.26. The number of para-hydroxylation sites is 1. The van der Waals surface area contributed by atoms with Crippen molar-refractivity contribution in [1.82, 2.24) is 9.55 Å². The van der Waals surface area contributed by atoms with Crippen molar-refractivity contribution >= 4 is 22.6 Å². The zero-order valence-electron chi connectivity index (χ0n) is 11.4. The number of methoxy groups -OCH3 is 1. The normalized spacial score (nSPS) is 23.1. The summed E-state index contributed by atoms with van der Waals surface area (Å²) in [6, 6.07) is 6.62. The fraction of sp³-hybridized carbons (Fsp3) is 0.533. The van der Waals surface area contributed by atoms with Crippen LogP contribution < -0.4 is 4.74 Å². The van der Waals surface area contributed by atoms with Crippen molar-refractivity contribution in [2.75, 3.05) is 7.11 Å². The van der Waals surface area contributed by atoms with Gasteiger partial charge in [-0.3, -0.25) is 0 Å². The highest BCUT2D eigenvalue weighted by atomic mass is 35.5. The summed E-state index contributed by atoms with van der Waals surface area (Å²) in [5.41, 5.74) is 2.08. The van der Waals surface area contributed by atoms with Crippen molar-refractivity contribution in [3.63, 3.8) is 0 Å². The number of hydrogen-bond donors (Lipinski definition) is 0. The van der Waals surface area contributed by atoms with Crippen molar-refractivity contribution in [2.24, 2.45) is 5.92 Å². The standard InChI is InChI=1S/C15H19ClN2O/c1-10-6-7-11(8-10)18-12-4-3-5-13(19-2)15(12)17-14(18)9-16/h3-5,10-11H,6-9H2,1-2H3. The molecule has 0 N–H and O–H groups in total. The average Bonchev–Trinajstić information content (AvgIpc) is 3.00. The van der Waals surface area contributed by atoms with E-state index in [1.165, 1.54) is 19.3 Å². The van der Waals surface area contributed by atoms with Crippen LogP contribution in [0.15, 0.2) is 18.2 Å². The van der Waals surface area contributed by atoms with Gasteiger partial charge in [0.25, 0.3) is 0 Å². The van der Waals surface area contributed by atoms with E-state index in [0.717, 1.165) is 28.5 Å². The van der Waals surface area contributed by atoms with Crippen LogP contribution in [0.3, 0.4) is 0 Å². The third-order valence-electron chi connectivity index (χ3n) is 4.13. The van der Waals surface area contributed by atoms with Crippen molar-refractivity contribution in [1.29, 1.82) is 0 Å². The lowest BCUT2D eigenvalue weighted by atomic mass is 10.1. The molecular formula is C15H19ClN2O. The Morgan fingerprint density at radius 1 is 1.42 bits per heavy atom. The topological polar surface area (TPSA) is 27.1 Å². The summed E-state index contributed by atoms with van der Waals surface area (Å²) in [4.78, 5) is 4.68. The quantitative estimate of drug-likeness (QED) is 0.789. The lowest BCUT2D eigenvalue weighted by Gasteiger charge is -2.16. The van der Waals surface area contributed by atoms with Gasteiger partial charge in [-0.1, -0.05) is 13.0 Å². The van der Waals surface area contributed by atoms with Gasteiger partial charge < -0.3 is 9.30 Å². The maximum absolute atomic E-state index is 6.09. The van der Waals surface area contributed by atoms with Crippen LogP contribution in [-0.4, -0.2) is 16.7 Å². The average molecular weight is 279 g/mol. The fourth-order valence-corrected chi connectivity index (χ4v) is 3.41. The minimum atomic E-state index is 0.447. The van der Waals surface area contributed by atoms with Crippen LogP contribution in [0.5, 0.6) is 5.75 Å². The van der Waals surface area contributed by atoms with Gasteiger partial charge in [-0.15, -0.1) is 11.6 Å². The summed E-state index contributed by atoms with van der Waals surface area (Å²) in [6.07, 6.45) is 3.72. The number of ether oxygens (including phenoxy) is 1. The first-order valence-electron chi connectivity index (χ1n) is 6.84. The van der Waals surface area contributed by atoms with Gasteiger partial charge in [0.05, 0.1) is 18.5 Å². The Morgan fingerprint density at radius 3 is 2.89 bits per heavy atom. The number of rotatable bonds is 3. The molecule has 0 aliphatic heterocycles. The van der Waals surface area contributed by atoms with E-state index < -0.39 is 0 Å². The molecule has 2 atom stereocenters. The molecule has 1 aliphatic rings. The molecule has 1 aliphatic carbocycles. The molecule has 1 fully saturated rings. The number of imidazole rings is 1. The first-order chi connectivity index (χ1) is 9.24. The van der Waals surface area contributed by atoms with Crippen LogP contribution in [0.25, 0.3) is 11.0 Å². The predicted molar refractivity (Wildman–Crippen MR) is 77.9 cm³/mol. The molecule has 0 saturated heterocycles. The van der Waals surface area contributed by atoms with Gasteiger partial charge in [-0.05, 0) is 37.3 Å². The molecule has 1 aromatic carbocycles. The SMILES string of the molecule is COc1cccc2c1nc(CCl)n2C1CCC(C)C1. The zero-order valence-corrected chi connectivity index (χ0v) is 12.2. The molecule has 3 rings (SSSR count). The second-order valence-electron chi connectivity index (χ2n) is 5.43. The molecular weight excluding hydrogens is 260 g/mol. The molecule has 0 bridgehead atoms. The molecule has 1 aromatic heterocycles. The lowest BCUT2D eigenvalue weighted by Crippen LogP contribution is -2.08. The van der Waals surface area contributed by atoms with Crippen LogP contribution in [0.1, 0.15) is 38.1 Å². The Kier molecular flexibility index (Phi) is 3.40. The Hall–Kier alpha value is -1.22. The monoisotopic (exact) mass is 278 g/mol. The van der Waals surface area contributed by atoms with E-state index in [-0.39, 0.29) is 0 Å². The van der Waals surface area contributed by atoms with E-state index in [9.17, 15) is 0 Å². The molecule has 4 heteroatoms. The van der Waals surface area contributed by atoms with Gasteiger partial charge in [0.15, 0.2) is 0 Å². The number of aromatic nitrogens is 2. The molecule has 1 saturated carbocycles. The van der Waals surface area contributed by atoms with Crippen molar-refractivity contribution in [3.05, 3.63) is 24.0 Å². The number of halogens is 1. The fourth-order valence-electron chi connectivity index (χ4n) is 3.22. The van der Waals surface area contributed by atoms with Gasteiger partial charge in [-0.2, -0.15) is 0 Å².